The highest BCUT2D eigenvalue weighted by atomic mass is 16.5. The normalized spacial score (nSPS) is 13.3. The van der Waals surface area contributed by atoms with Crippen molar-refractivity contribution in [3.8, 4) is 17.2 Å². The van der Waals surface area contributed by atoms with E-state index < -0.39 is 12.1 Å². The highest BCUT2D eigenvalue weighted by Crippen LogP contribution is 2.27. The van der Waals surface area contributed by atoms with Crippen molar-refractivity contribution in [2.45, 2.75) is 12.5 Å². The third kappa shape index (κ3) is 4.85. The van der Waals surface area contributed by atoms with E-state index >= 15 is 0 Å². The second kappa shape index (κ2) is 9.29. The van der Waals surface area contributed by atoms with Crippen molar-refractivity contribution in [1.29, 1.82) is 0 Å². The number of rotatable bonds is 10. The SMILES string of the molecule is COc1ccc(CCNCC(O)COc2cccc3c2=NC(=O)N=3)cc1OC. The van der Waals surface area contributed by atoms with Gasteiger partial charge in [-0.15, -0.1) is 0 Å². The lowest BCUT2D eigenvalue weighted by molar-refractivity contribution is 0.106. The quantitative estimate of drug-likeness (QED) is 0.583. The first kappa shape index (κ1) is 19.8. The Hall–Kier alpha value is -2.97. The molecule has 148 valence electrons. The number of ether oxygens (including phenoxy) is 3. The van der Waals surface area contributed by atoms with Crippen LogP contribution in [0.5, 0.6) is 17.2 Å². The molecule has 2 aromatic carbocycles. The second-order valence-corrected chi connectivity index (χ2v) is 6.24. The van der Waals surface area contributed by atoms with Gasteiger partial charge in [0.05, 0.1) is 19.6 Å². The number of aliphatic hydroxyl groups is 1. The van der Waals surface area contributed by atoms with Crippen molar-refractivity contribution in [3.63, 3.8) is 0 Å². The fourth-order valence-electron chi connectivity index (χ4n) is 2.84. The summed E-state index contributed by atoms with van der Waals surface area (Å²) in [6.45, 7) is 1.16. The summed E-state index contributed by atoms with van der Waals surface area (Å²) in [5.41, 5.74) is 1.10. The standard InChI is InChI=1S/C20H23N3O5/c1-26-16-7-6-13(10-18(16)27-2)8-9-21-11-14(24)12-28-17-5-3-4-15-19(17)23-20(25)22-15/h3-7,10,14,21,24H,8-9,11-12H2,1-2H3. The number of fused-ring (bicyclic) bond motifs is 1. The van der Waals surface area contributed by atoms with E-state index in [1.54, 1.807) is 32.4 Å². The Kier molecular flexibility index (Phi) is 6.57. The van der Waals surface area contributed by atoms with Crippen LogP contribution < -0.4 is 30.2 Å². The Bertz CT molecular complexity index is 961. The number of urea groups is 1. The minimum absolute atomic E-state index is 0.0868. The summed E-state index contributed by atoms with van der Waals surface area (Å²) in [5.74, 6) is 1.83. The van der Waals surface area contributed by atoms with E-state index in [9.17, 15) is 9.90 Å². The van der Waals surface area contributed by atoms with E-state index in [1.807, 2.05) is 18.2 Å². The molecule has 1 heterocycles. The van der Waals surface area contributed by atoms with Crippen molar-refractivity contribution >= 4 is 6.03 Å². The highest BCUT2D eigenvalue weighted by molar-refractivity contribution is 5.77. The zero-order chi connectivity index (χ0) is 19.9. The molecule has 1 atom stereocenters. The largest absolute Gasteiger partial charge is 0.493 e. The van der Waals surface area contributed by atoms with Crippen LogP contribution in [0, 0.1) is 0 Å². The molecule has 8 heteroatoms. The first-order valence-electron chi connectivity index (χ1n) is 8.93. The molecule has 28 heavy (non-hydrogen) atoms. The maximum atomic E-state index is 11.3. The van der Waals surface area contributed by atoms with E-state index in [4.69, 9.17) is 14.2 Å². The highest BCUT2D eigenvalue weighted by Gasteiger charge is 2.11. The molecular formula is C20H23N3O5. The molecule has 3 rings (SSSR count). The summed E-state index contributed by atoms with van der Waals surface area (Å²) in [6, 6.07) is 10.4. The summed E-state index contributed by atoms with van der Waals surface area (Å²) >= 11 is 0. The fourth-order valence-corrected chi connectivity index (χ4v) is 2.84. The monoisotopic (exact) mass is 385 g/mol. The van der Waals surface area contributed by atoms with E-state index in [0.717, 1.165) is 12.0 Å². The van der Waals surface area contributed by atoms with Crippen molar-refractivity contribution < 1.29 is 24.1 Å². The maximum Gasteiger partial charge on any atom is 0.368 e. The lowest BCUT2D eigenvalue weighted by Crippen LogP contribution is -2.34. The molecule has 0 spiro atoms. The van der Waals surface area contributed by atoms with Crippen molar-refractivity contribution in [2.75, 3.05) is 33.9 Å². The minimum atomic E-state index is -0.699. The number of benzene rings is 2. The Balaban J connectivity index is 1.43. The molecular weight excluding hydrogens is 362 g/mol. The molecule has 2 N–H and O–H groups in total. The lowest BCUT2D eigenvalue weighted by Gasteiger charge is -2.14. The Labute approximate surface area is 162 Å². The predicted octanol–water partition coefficient (Wildman–Crippen LogP) is 0.649. The molecule has 2 amide bonds. The number of para-hydroxylation sites is 1. The van der Waals surface area contributed by atoms with Crippen molar-refractivity contribution in [3.05, 3.63) is 52.7 Å². The van der Waals surface area contributed by atoms with Crippen LogP contribution in [-0.2, 0) is 6.42 Å². The molecule has 1 unspecified atom stereocenters. The van der Waals surface area contributed by atoms with E-state index in [2.05, 4.69) is 15.3 Å². The number of nitrogens with zero attached hydrogens (tertiary/aromatic N) is 2. The zero-order valence-corrected chi connectivity index (χ0v) is 15.8. The van der Waals surface area contributed by atoms with Crippen molar-refractivity contribution in [1.82, 2.24) is 5.32 Å². The van der Waals surface area contributed by atoms with Gasteiger partial charge in [0.15, 0.2) is 11.5 Å². The fraction of sp³-hybridized carbons (Fsp3) is 0.350. The van der Waals surface area contributed by atoms with Gasteiger partial charge in [-0.3, -0.25) is 0 Å². The van der Waals surface area contributed by atoms with Gasteiger partial charge in [0.2, 0.25) is 0 Å². The first-order chi connectivity index (χ1) is 13.6. The molecule has 2 aromatic rings. The third-order valence-electron chi connectivity index (χ3n) is 4.25. The number of methoxy groups -OCH3 is 2. The van der Waals surface area contributed by atoms with Gasteiger partial charge in [0.1, 0.15) is 23.8 Å². The molecule has 1 aliphatic rings. The molecule has 1 aliphatic heterocycles. The summed E-state index contributed by atoms with van der Waals surface area (Å²) in [7, 11) is 3.21. The Morgan fingerprint density at radius 2 is 1.89 bits per heavy atom. The predicted molar refractivity (Wildman–Crippen MR) is 102 cm³/mol. The number of hydrogen-bond donors (Lipinski definition) is 2. The van der Waals surface area contributed by atoms with Crippen molar-refractivity contribution in [2.24, 2.45) is 9.98 Å². The average Bonchev–Trinajstić information content (AvgIpc) is 3.10. The van der Waals surface area contributed by atoms with Gasteiger partial charge in [0.25, 0.3) is 0 Å². The van der Waals surface area contributed by atoms with Gasteiger partial charge >= 0.3 is 6.03 Å². The summed E-state index contributed by atoms with van der Waals surface area (Å²) < 4.78 is 16.1. The summed E-state index contributed by atoms with van der Waals surface area (Å²) in [6.07, 6.45) is 0.0816. The number of carbonyl (C=O) groups excluding carboxylic acids is 1. The lowest BCUT2D eigenvalue weighted by atomic mass is 10.1. The van der Waals surface area contributed by atoms with Gasteiger partial charge in [-0.1, -0.05) is 12.1 Å². The molecule has 0 aromatic heterocycles. The zero-order valence-electron chi connectivity index (χ0n) is 15.8. The van der Waals surface area contributed by atoms with Gasteiger partial charge in [0, 0.05) is 6.54 Å². The Morgan fingerprint density at radius 3 is 2.68 bits per heavy atom. The third-order valence-corrected chi connectivity index (χ3v) is 4.25. The van der Waals surface area contributed by atoms with Crippen LogP contribution in [0.4, 0.5) is 4.79 Å². The number of aliphatic hydroxyl groups excluding tert-OH is 1. The number of amides is 2. The molecule has 0 radical (unpaired) electrons. The van der Waals surface area contributed by atoms with Crippen LogP contribution in [0.3, 0.4) is 0 Å². The van der Waals surface area contributed by atoms with Gasteiger partial charge < -0.3 is 24.6 Å². The molecule has 0 aliphatic carbocycles. The maximum absolute atomic E-state index is 11.3. The second-order valence-electron chi connectivity index (χ2n) is 6.24. The molecule has 8 nitrogen and oxygen atoms in total. The van der Waals surface area contributed by atoms with Crippen LogP contribution in [0.2, 0.25) is 0 Å². The van der Waals surface area contributed by atoms with Crippen LogP contribution >= 0.6 is 0 Å². The van der Waals surface area contributed by atoms with Crippen LogP contribution in [-0.4, -0.2) is 51.2 Å². The number of nitrogens with one attached hydrogen (secondary N) is 1. The molecule has 0 fully saturated rings. The number of hydrogen-bond acceptors (Lipinski definition) is 6. The molecule has 0 saturated heterocycles. The van der Waals surface area contributed by atoms with E-state index in [1.165, 1.54) is 0 Å². The summed E-state index contributed by atoms with van der Waals surface area (Å²) in [4.78, 5) is 18.9. The first-order valence-corrected chi connectivity index (χ1v) is 8.93. The minimum Gasteiger partial charge on any atom is -0.493 e. The Morgan fingerprint density at radius 1 is 1.07 bits per heavy atom. The average molecular weight is 385 g/mol. The van der Waals surface area contributed by atoms with Gasteiger partial charge in [-0.2, -0.15) is 9.98 Å². The van der Waals surface area contributed by atoms with Gasteiger partial charge in [-0.05, 0) is 42.8 Å². The van der Waals surface area contributed by atoms with Crippen LogP contribution in [0.15, 0.2) is 46.4 Å². The smallest absolute Gasteiger partial charge is 0.368 e. The van der Waals surface area contributed by atoms with Crippen LogP contribution in [0.25, 0.3) is 0 Å². The number of carbonyl (C=O) groups is 1. The van der Waals surface area contributed by atoms with Crippen LogP contribution in [0.1, 0.15) is 5.56 Å². The molecule has 0 saturated carbocycles. The summed E-state index contributed by atoms with van der Waals surface area (Å²) in [5, 5.41) is 14.2. The molecule has 0 bridgehead atoms. The van der Waals surface area contributed by atoms with E-state index in [0.29, 0.717) is 41.1 Å². The van der Waals surface area contributed by atoms with Gasteiger partial charge in [-0.25, -0.2) is 4.79 Å². The topological polar surface area (TPSA) is 102 Å². The van der Waals surface area contributed by atoms with E-state index in [-0.39, 0.29) is 6.61 Å².